The van der Waals surface area contributed by atoms with E-state index in [1.807, 2.05) is 0 Å². The molecular formula is C21H20N2O6. The number of para-hydroxylation sites is 1. The fraction of sp³-hybridized carbons (Fsp3) is 0.190. The molecule has 0 unspecified atom stereocenters. The second-order valence-corrected chi connectivity index (χ2v) is 5.97. The number of aromatic nitrogens is 1. The van der Waals surface area contributed by atoms with E-state index in [0.29, 0.717) is 34.1 Å². The predicted octanol–water partition coefficient (Wildman–Crippen LogP) is 2.98. The summed E-state index contributed by atoms with van der Waals surface area (Å²) < 4.78 is 20.7. The third-order valence-corrected chi connectivity index (χ3v) is 4.05. The number of hydrogen-bond acceptors (Lipinski definition) is 7. The number of esters is 1. The Bertz CT molecular complexity index is 981. The van der Waals surface area contributed by atoms with Crippen LogP contribution in [0, 0.1) is 0 Å². The zero-order valence-corrected chi connectivity index (χ0v) is 16.0. The maximum atomic E-state index is 12.2. The summed E-state index contributed by atoms with van der Waals surface area (Å²) >= 11 is 0. The fourth-order valence-corrected chi connectivity index (χ4v) is 2.54. The van der Waals surface area contributed by atoms with Crippen LogP contribution in [0.1, 0.15) is 32.2 Å². The van der Waals surface area contributed by atoms with Crippen LogP contribution in [0.4, 0.5) is 0 Å². The molecular weight excluding hydrogens is 376 g/mol. The summed E-state index contributed by atoms with van der Waals surface area (Å²) in [6.07, 6.45) is 0. The third kappa shape index (κ3) is 5.13. The minimum Gasteiger partial charge on any atom is -0.497 e. The standard InChI is InChI=1S/C21H20N2O6/c1-26-16-9-7-14(8-10-16)20(24)22-12-17-11-15(23-29-17)13-28-19-6-4-3-5-18(19)21(25)27-2/h3-11H,12-13H2,1-2H3,(H,22,24). The Morgan fingerprint density at radius 1 is 1.07 bits per heavy atom. The molecule has 1 aromatic heterocycles. The Balaban J connectivity index is 1.54. The Hall–Kier alpha value is -3.81. The van der Waals surface area contributed by atoms with Gasteiger partial charge in [0.25, 0.3) is 5.91 Å². The van der Waals surface area contributed by atoms with Crippen molar-refractivity contribution in [2.24, 2.45) is 0 Å². The van der Waals surface area contributed by atoms with Crippen LogP contribution in [0.15, 0.2) is 59.1 Å². The Morgan fingerprint density at radius 3 is 2.55 bits per heavy atom. The summed E-state index contributed by atoms with van der Waals surface area (Å²) in [5.74, 6) is 0.815. The molecule has 0 aliphatic rings. The molecule has 1 N–H and O–H groups in total. The minimum absolute atomic E-state index is 0.101. The van der Waals surface area contributed by atoms with Gasteiger partial charge in [0.05, 0.1) is 20.8 Å². The topological polar surface area (TPSA) is 99.9 Å². The molecule has 0 spiro atoms. The molecule has 3 aromatic rings. The van der Waals surface area contributed by atoms with Gasteiger partial charge >= 0.3 is 5.97 Å². The van der Waals surface area contributed by atoms with E-state index in [9.17, 15) is 9.59 Å². The van der Waals surface area contributed by atoms with Crippen LogP contribution in [-0.4, -0.2) is 31.3 Å². The van der Waals surface area contributed by atoms with Crippen molar-refractivity contribution >= 4 is 11.9 Å². The number of hydrogen-bond donors (Lipinski definition) is 1. The Morgan fingerprint density at radius 2 is 1.83 bits per heavy atom. The maximum Gasteiger partial charge on any atom is 0.341 e. The number of ether oxygens (including phenoxy) is 3. The molecule has 1 heterocycles. The first-order chi connectivity index (χ1) is 14.1. The highest BCUT2D eigenvalue weighted by molar-refractivity contribution is 5.94. The molecule has 1 amide bonds. The molecule has 150 valence electrons. The molecule has 0 saturated heterocycles. The zero-order chi connectivity index (χ0) is 20.6. The van der Waals surface area contributed by atoms with Crippen molar-refractivity contribution in [2.45, 2.75) is 13.2 Å². The lowest BCUT2D eigenvalue weighted by Gasteiger charge is -2.08. The summed E-state index contributed by atoms with van der Waals surface area (Å²) in [7, 11) is 2.87. The van der Waals surface area contributed by atoms with E-state index in [1.165, 1.54) is 7.11 Å². The summed E-state index contributed by atoms with van der Waals surface area (Å²) in [6, 6.07) is 15.2. The number of carbonyl (C=O) groups excluding carboxylic acids is 2. The first-order valence-corrected chi connectivity index (χ1v) is 8.77. The zero-order valence-electron chi connectivity index (χ0n) is 16.0. The van der Waals surface area contributed by atoms with E-state index in [4.69, 9.17) is 18.7 Å². The molecule has 29 heavy (non-hydrogen) atoms. The van der Waals surface area contributed by atoms with Gasteiger partial charge in [0, 0.05) is 11.6 Å². The van der Waals surface area contributed by atoms with E-state index < -0.39 is 5.97 Å². The normalized spacial score (nSPS) is 10.3. The molecule has 0 fully saturated rings. The van der Waals surface area contributed by atoms with Crippen molar-refractivity contribution in [3.05, 3.63) is 77.2 Å². The largest absolute Gasteiger partial charge is 0.497 e. The SMILES string of the molecule is COC(=O)c1ccccc1OCc1cc(CNC(=O)c2ccc(OC)cc2)on1. The number of amides is 1. The number of nitrogens with one attached hydrogen (secondary N) is 1. The first-order valence-electron chi connectivity index (χ1n) is 8.77. The smallest absolute Gasteiger partial charge is 0.341 e. The predicted molar refractivity (Wildman–Crippen MR) is 103 cm³/mol. The fourth-order valence-electron chi connectivity index (χ4n) is 2.54. The molecule has 0 aliphatic heterocycles. The molecule has 0 bridgehead atoms. The molecule has 8 heteroatoms. The number of nitrogens with zero attached hydrogens (tertiary/aromatic N) is 1. The van der Waals surface area contributed by atoms with Crippen LogP contribution in [0.2, 0.25) is 0 Å². The van der Waals surface area contributed by atoms with Crippen LogP contribution in [0.25, 0.3) is 0 Å². The van der Waals surface area contributed by atoms with Gasteiger partial charge in [0.2, 0.25) is 0 Å². The van der Waals surface area contributed by atoms with Gasteiger partial charge in [0.1, 0.15) is 29.4 Å². The van der Waals surface area contributed by atoms with Crippen LogP contribution in [0.5, 0.6) is 11.5 Å². The highest BCUT2D eigenvalue weighted by Crippen LogP contribution is 2.20. The summed E-state index contributed by atoms with van der Waals surface area (Å²) in [6.45, 7) is 0.278. The quantitative estimate of drug-likeness (QED) is 0.584. The first kappa shape index (κ1) is 19.9. The lowest BCUT2D eigenvalue weighted by atomic mass is 10.2. The summed E-state index contributed by atoms with van der Waals surface area (Å²) in [5, 5.41) is 6.67. The summed E-state index contributed by atoms with van der Waals surface area (Å²) in [5.41, 5.74) is 1.36. The van der Waals surface area contributed by atoms with Crippen molar-refractivity contribution in [1.29, 1.82) is 0 Å². The van der Waals surface area contributed by atoms with E-state index in [0.717, 1.165) is 0 Å². The van der Waals surface area contributed by atoms with Crippen molar-refractivity contribution < 1.29 is 28.3 Å². The van der Waals surface area contributed by atoms with E-state index in [1.54, 1.807) is 61.7 Å². The lowest BCUT2D eigenvalue weighted by Crippen LogP contribution is -2.22. The lowest BCUT2D eigenvalue weighted by molar-refractivity contribution is 0.0595. The Kier molecular flexibility index (Phi) is 6.47. The number of carbonyl (C=O) groups is 2. The average Bonchev–Trinajstić information content (AvgIpc) is 3.23. The molecule has 0 radical (unpaired) electrons. The molecule has 0 saturated carbocycles. The van der Waals surface area contributed by atoms with Crippen molar-refractivity contribution in [1.82, 2.24) is 10.5 Å². The highest BCUT2D eigenvalue weighted by Gasteiger charge is 2.14. The molecule has 2 aromatic carbocycles. The van der Waals surface area contributed by atoms with Gasteiger partial charge in [-0.25, -0.2) is 4.79 Å². The van der Waals surface area contributed by atoms with E-state index in [2.05, 4.69) is 10.5 Å². The Labute approximate surface area is 167 Å². The third-order valence-electron chi connectivity index (χ3n) is 4.05. The monoisotopic (exact) mass is 396 g/mol. The van der Waals surface area contributed by atoms with Crippen LogP contribution in [0.3, 0.4) is 0 Å². The molecule has 8 nitrogen and oxygen atoms in total. The number of rotatable bonds is 8. The van der Waals surface area contributed by atoms with Gasteiger partial charge in [-0.15, -0.1) is 0 Å². The van der Waals surface area contributed by atoms with E-state index >= 15 is 0 Å². The molecule has 0 aliphatic carbocycles. The van der Waals surface area contributed by atoms with Gasteiger partial charge in [-0.1, -0.05) is 17.3 Å². The second-order valence-electron chi connectivity index (χ2n) is 5.97. The second kappa shape index (κ2) is 9.41. The highest BCUT2D eigenvalue weighted by atomic mass is 16.5. The van der Waals surface area contributed by atoms with Gasteiger partial charge in [-0.3, -0.25) is 4.79 Å². The minimum atomic E-state index is -0.484. The average molecular weight is 396 g/mol. The van der Waals surface area contributed by atoms with Gasteiger partial charge in [-0.2, -0.15) is 0 Å². The molecule has 3 rings (SSSR count). The summed E-state index contributed by atoms with van der Waals surface area (Å²) in [4.78, 5) is 24.0. The maximum absolute atomic E-state index is 12.2. The van der Waals surface area contributed by atoms with Gasteiger partial charge in [0.15, 0.2) is 5.76 Å². The van der Waals surface area contributed by atoms with Gasteiger partial charge in [-0.05, 0) is 36.4 Å². The van der Waals surface area contributed by atoms with Crippen molar-refractivity contribution in [3.8, 4) is 11.5 Å². The van der Waals surface area contributed by atoms with Crippen molar-refractivity contribution in [2.75, 3.05) is 14.2 Å². The van der Waals surface area contributed by atoms with E-state index in [-0.39, 0.29) is 19.1 Å². The van der Waals surface area contributed by atoms with Crippen LogP contribution >= 0.6 is 0 Å². The van der Waals surface area contributed by atoms with Crippen LogP contribution in [-0.2, 0) is 17.9 Å². The van der Waals surface area contributed by atoms with Gasteiger partial charge < -0.3 is 24.1 Å². The van der Waals surface area contributed by atoms with Crippen LogP contribution < -0.4 is 14.8 Å². The molecule has 0 atom stereocenters. The number of methoxy groups -OCH3 is 2. The van der Waals surface area contributed by atoms with Crippen molar-refractivity contribution in [3.63, 3.8) is 0 Å². The number of benzene rings is 2.